The molecule has 9 heteroatoms. The topological polar surface area (TPSA) is 111 Å². The second-order valence-electron chi connectivity index (χ2n) is 24.8. The molecule has 0 saturated heterocycles. The zero-order valence-electron chi connectivity index (χ0n) is 54.6. The maximum Gasteiger partial charge on any atom is 0.306 e. The van der Waals surface area contributed by atoms with Gasteiger partial charge in [0.1, 0.15) is 13.2 Å². The normalized spacial score (nSPS) is 13.0. The maximum atomic E-state index is 12.9. The van der Waals surface area contributed by atoms with Crippen molar-refractivity contribution in [2.75, 3.05) is 47.5 Å². The summed E-state index contributed by atoms with van der Waals surface area (Å²) in [4.78, 5) is 37.4. The predicted octanol–water partition coefficient (Wildman–Crippen LogP) is 20.2. The summed E-state index contributed by atoms with van der Waals surface area (Å²) in [5.74, 6) is -2.29. The molecule has 9 nitrogen and oxygen atoms in total. The van der Waals surface area contributed by atoms with E-state index in [9.17, 15) is 19.5 Å². The van der Waals surface area contributed by atoms with Crippen LogP contribution in [0.3, 0.4) is 0 Å². The van der Waals surface area contributed by atoms with E-state index < -0.39 is 24.3 Å². The van der Waals surface area contributed by atoms with Crippen molar-refractivity contribution in [2.45, 2.75) is 341 Å². The smallest absolute Gasteiger partial charge is 0.306 e. The third-order valence-electron chi connectivity index (χ3n) is 15.5. The standard InChI is InChI=1S/C73H133NO8/c1-6-8-10-12-14-16-18-20-22-24-25-26-27-28-29-30-31-32-33-34-35-36-37-38-39-40-41-42-43-44-45-46-47-48-50-52-54-56-58-60-62-64-71(76)82-69(68-81-73(72(77)78)79-66-65-74(3,4)5)67-80-70(75)63-61-59-57-55-53-51-49-23-21-19-17-15-13-11-9-7-2/h17-20,23-25,27-28,49,69,73H,6-16,21-22,26,29-48,50-68H2,1-5H3/b19-17-,20-18-,25-24-,28-27-,49-23-. The number of nitrogens with zero attached hydrogens (tertiary/aromatic N) is 1. The minimum atomic E-state index is -1.62. The highest BCUT2D eigenvalue weighted by molar-refractivity contribution is 5.70. The molecule has 0 fully saturated rings. The Morgan fingerprint density at radius 1 is 0.366 bits per heavy atom. The van der Waals surface area contributed by atoms with Crippen LogP contribution in [0.2, 0.25) is 0 Å². The molecule has 0 amide bonds. The molecule has 0 N–H and O–H groups in total. The van der Waals surface area contributed by atoms with Gasteiger partial charge in [0.05, 0.1) is 40.3 Å². The number of carbonyl (C=O) groups is 3. The molecule has 0 radical (unpaired) electrons. The fraction of sp³-hybridized carbons (Fsp3) is 0.822. The molecule has 478 valence electrons. The lowest BCUT2D eigenvalue weighted by Gasteiger charge is -2.26. The lowest BCUT2D eigenvalue weighted by atomic mass is 10.0. The van der Waals surface area contributed by atoms with Crippen LogP contribution >= 0.6 is 0 Å². The van der Waals surface area contributed by atoms with E-state index in [0.717, 1.165) is 70.6 Å². The molecule has 0 aromatic heterocycles. The summed E-state index contributed by atoms with van der Waals surface area (Å²) >= 11 is 0. The molecule has 0 aromatic carbocycles. The number of likely N-dealkylation sites (N-methyl/N-ethyl adjacent to an activating group) is 1. The zero-order chi connectivity index (χ0) is 59.8. The van der Waals surface area contributed by atoms with Crippen LogP contribution in [-0.2, 0) is 33.3 Å². The van der Waals surface area contributed by atoms with Crippen LogP contribution in [-0.4, -0.2) is 82.3 Å². The second kappa shape index (κ2) is 64.0. The number of hydrogen-bond acceptors (Lipinski definition) is 8. The Hall–Kier alpha value is -3.01. The van der Waals surface area contributed by atoms with Crippen LogP contribution in [0.25, 0.3) is 0 Å². The van der Waals surface area contributed by atoms with Crippen LogP contribution in [0.1, 0.15) is 328 Å². The van der Waals surface area contributed by atoms with E-state index in [2.05, 4.69) is 74.6 Å². The summed E-state index contributed by atoms with van der Waals surface area (Å²) in [5.41, 5.74) is 0. The number of ether oxygens (including phenoxy) is 4. The van der Waals surface area contributed by atoms with Gasteiger partial charge in [-0.25, -0.2) is 0 Å². The van der Waals surface area contributed by atoms with Crippen LogP contribution in [0.5, 0.6) is 0 Å². The molecule has 0 rings (SSSR count). The van der Waals surface area contributed by atoms with Crippen LogP contribution in [0.4, 0.5) is 0 Å². The molecule has 2 unspecified atom stereocenters. The first kappa shape index (κ1) is 79.0. The van der Waals surface area contributed by atoms with E-state index in [1.807, 2.05) is 21.1 Å². The van der Waals surface area contributed by atoms with Gasteiger partial charge in [0.15, 0.2) is 12.4 Å². The molecular formula is C73H133NO8. The van der Waals surface area contributed by atoms with Gasteiger partial charge in [-0.05, 0) is 83.5 Å². The molecule has 0 aliphatic rings. The van der Waals surface area contributed by atoms with Crippen molar-refractivity contribution in [2.24, 2.45) is 0 Å². The summed E-state index contributed by atoms with van der Waals surface area (Å²) in [6.45, 7) is 4.74. The number of allylic oxidation sites excluding steroid dienone is 10. The number of aliphatic carboxylic acids is 1. The summed E-state index contributed by atoms with van der Waals surface area (Å²) in [7, 11) is 5.93. The van der Waals surface area contributed by atoms with Gasteiger partial charge in [-0.3, -0.25) is 9.59 Å². The van der Waals surface area contributed by atoms with Gasteiger partial charge in [0, 0.05) is 12.8 Å². The van der Waals surface area contributed by atoms with E-state index >= 15 is 0 Å². The summed E-state index contributed by atoms with van der Waals surface area (Å²) < 4.78 is 22.7. The third-order valence-corrected chi connectivity index (χ3v) is 15.5. The summed E-state index contributed by atoms with van der Waals surface area (Å²) in [6, 6.07) is 0. The number of rotatable bonds is 65. The van der Waals surface area contributed by atoms with Gasteiger partial charge in [-0.2, -0.15) is 0 Å². The molecular weight excluding hydrogens is 1020 g/mol. The van der Waals surface area contributed by atoms with Crippen molar-refractivity contribution in [3.63, 3.8) is 0 Å². The summed E-state index contributed by atoms with van der Waals surface area (Å²) in [5, 5.41) is 11.8. The van der Waals surface area contributed by atoms with E-state index in [1.165, 1.54) is 225 Å². The zero-order valence-corrected chi connectivity index (χ0v) is 54.6. The van der Waals surface area contributed by atoms with Crippen LogP contribution in [0, 0.1) is 0 Å². The first-order valence-electron chi connectivity index (χ1n) is 34.9. The van der Waals surface area contributed by atoms with Crippen LogP contribution < -0.4 is 5.11 Å². The number of carboxylic acids is 1. The third kappa shape index (κ3) is 64.5. The Morgan fingerprint density at radius 3 is 0.988 bits per heavy atom. The highest BCUT2D eigenvalue weighted by Crippen LogP contribution is 2.18. The Balaban J connectivity index is 3.94. The SMILES string of the molecule is CCCCCC/C=C\C/C=C\CCCCCCCC(=O)OCC(COC(OCC[N+](C)(C)C)C(=O)[O-])OC(=O)CCCCCCCCCCCCCCCCCCCCCCCCCCCC/C=C\C/C=C\C/C=C\CCCCCCC. The highest BCUT2D eigenvalue weighted by atomic mass is 16.7. The van der Waals surface area contributed by atoms with Gasteiger partial charge < -0.3 is 33.3 Å². The Bertz CT molecular complexity index is 1530. The fourth-order valence-electron chi connectivity index (χ4n) is 10.1. The quantitative estimate of drug-likeness (QED) is 0.0195. The lowest BCUT2D eigenvalue weighted by Crippen LogP contribution is -2.44. The molecule has 0 bridgehead atoms. The average Bonchev–Trinajstić information content (AvgIpc) is 3.45. The molecule has 0 spiro atoms. The Morgan fingerprint density at radius 2 is 0.659 bits per heavy atom. The summed E-state index contributed by atoms with van der Waals surface area (Å²) in [6.07, 6.45) is 80.4. The molecule has 0 saturated carbocycles. The van der Waals surface area contributed by atoms with E-state index in [-0.39, 0.29) is 38.6 Å². The monoisotopic (exact) mass is 1150 g/mol. The lowest BCUT2D eigenvalue weighted by molar-refractivity contribution is -0.870. The second-order valence-corrected chi connectivity index (χ2v) is 24.8. The number of hydrogen-bond donors (Lipinski definition) is 0. The van der Waals surface area contributed by atoms with Gasteiger partial charge >= 0.3 is 11.9 Å². The highest BCUT2D eigenvalue weighted by Gasteiger charge is 2.22. The first-order valence-corrected chi connectivity index (χ1v) is 34.9. The molecule has 82 heavy (non-hydrogen) atoms. The molecule has 0 aliphatic heterocycles. The molecule has 0 heterocycles. The van der Waals surface area contributed by atoms with Crippen molar-refractivity contribution >= 4 is 17.9 Å². The van der Waals surface area contributed by atoms with Crippen molar-refractivity contribution in [3.05, 3.63) is 60.8 Å². The predicted molar refractivity (Wildman–Crippen MR) is 348 cm³/mol. The first-order chi connectivity index (χ1) is 40.1. The Kier molecular flexibility index (Phi) is 61.6. The van der Waals surface area contributed by atoms with Gasteiger partial charge in [0.25, 0.3) is 0 Å². The fourth-order valence-corrected chi connectivity index (χ4v) is 10.1. The molecule has 2 atom stereocenters. The number of carbonyl (C=O) groups excluding carboxylic acids is 3. The molecule has 0 aliphatic carbocycles. The largest absolute Gasteiger partial charge is 0.545 e. The van der Waals surface area contributed by atoms with Crippen molar-refractivity contribution in [1.29, 1.82) is 0 Å². The molecule has 0 aromatic rings. The van der Waals surface area contributed by atoms with Crippen LogP contribution in [0.15, 0.2) is 60.8 Å². The van der Waals surface area contributed by atoms with Crippen molar-refractivity contribution in [1.82, 2.24) is 0 Å². The van der Waals surface area contributed by atoms with E-state index in [1.54, 1.807) is 0 Å². The minimum Gasteiger partial charge on any atom is -0.545 e. The Labute approximate surface area is 507 Å². The van der Waals surface area contributed by atoms with E-state index in [0.29, 0.717) is 17.4 Å². The van der Waals surface area contributed by atoms with Gasteiger partial charge in [-0.15, -0.1) is 0 Å². The minimum absolute atomic E-state index is 0.146. The number of unbranched alkanes of at least 4 members (excludes halogenated alkanes) is 40. The number of quaternary nitrogens is 1. The van der Waals surface area contributed by atoms with Gasteiger partial charge in [0.2, 0.25) is 0 Å². The van der Waals surface area contributed by atoms with Crippen molar-refractivity contribution in [3.8, 4) is 0 Å². The van der Waals surface area contributed by atoms with E-state index in [4.69, 9.17) is 18.9 Å². The number of carboxylic acid groups (broad SMARTS) is 1. The average molecular weight is 1150 g/mol. The van der Waals surface area contributed by atoms with Crippen molar-refractivity contribution < 1.29 is 42.9 Å². The maximum absolute atomic E-state index is 12.9. The number of esters is 2. The van der Waals surface area contributed by atoms with Gasteiger partial charge in [-0.1, -0.05) is 293 Å².